The Kier molecular flexibility index (Phi) is 6.60. The number of benzene rings is 1. The first kappa shape index (κ1) is 18.2. The molecule has 1 N–H and O–H groups in total. The number of anilines is 1. The maximum atomic E-state index is 11.4. The molecule has 0 atom stereocenters. The average Bonchev–Trinajstić information content (AvgIpc) is 2.41. The fourth-order valence-corrected chi connectivity index (χ4v) is 1.81. The molecule has 0 aliphatic heterocycles. The van der Waals surface area contributed by atoms with Crippen LogP contribution in [0.15, 0.2) is 24.3 Å². The lowest BCUT2D eigenvalue weighted by molar-refractivity contribution is -0.384. The summed E-state index contributed by atoms with van der Waals surface area (Å²) in [6.45, 7) is 5.26. The van der Waals surface area contributed by atoms with Gasteiger partial charge in [0.05, 0.1) is 4.92 Å². The van der Waals surface area contributed by atoms with Gasteiger partial charge in [0.25, 0.3) is 5.69 Å². The third kappa shape index (κ3) is 6.74. The molecular weight excluding hydrogens is 310 g/mol. The van der Waals surface area contributed by atoms with Gasteiger partial charge in [-0.3, -0.25) is 19.2 Å². The van der Waals surface area contributed by atoms with E-state index in [0.717, 1.165) is 17.9 Å². The van der Waals surface area contributed by atoms with Crippen LogP contribution >= 0.6 is 12.2 Å². The van der Waals surface area contributed by atoms with Gasteiger partial charge in [-0.15, -0.1) is 0 Å². The monoisotopic (exact) mass is 329 g/mol. The Hall–Kier alpha value is -1.84. The van der Waals surface area contributed by atoms with Crippen molar-refractivity contribution < 1.29 is 18.7 Å². The molecule has 1 rings (SSSR count). The highest BCUT2D eigenvalue weighted by atomic mass is 32.2. The van der Waals surface area contributed by atoms with Crippen LogP contribution in [0.2, 0.25) is 0 Å². The lowest BCUT2D eigenvalue weighted by atomic mass is 10.2. The summed E-state index contributed by atoms with van der Waals surface area (Å²) in [5.74, 6) is -0.425. The fourth-order valence-electron chi connectivity index (χ4n) is 1.38. The van der Waals surface area contributed by atoms with E-state index in [0.29, 0.717) is 0 Å². The Morgan fingerprint density at radius 2 is 1.95 bits per heavy atom. The van der Waals surface area contributed by atoms with Gasteiger partial charge in [0.2, 0.25) is 0 Å². The van der Waals surface area contributed by atoms with Gasteiger partial charge >= 0.3 is 5.97 Å². The summed E-state index contributed by atoms with van der Waals surface area (Å²) in [6.07, 6.45) is 0. The summed E-state index contributed by atoms with van der Waals surface area (Å²) < 4.78 is 11.8. The smallest absolute Gasteiger partial charge is 0.322 e. The van der Waals surface area contributed by atoms with E-state index in [2.05, 4.69) is 5.48 Å². The molecule has 0 saturated carbocycles. The molecule has 0 unspecified atom stereocenters. The number of carbonyl (C=O) groups is 1. The zero-order chi connectivity index (χ0) is 16.8. The zero-order valence-corrected chi connectivity index (χ0v) is 13.7. The van der Waals surface area contributed by atoms with Crippen LogP contribution in [0.3, 0.4) is 0 Å². The van der Waals surface area contributed by atoms with Crippen molar-refractivity contribution in [2.24, 2.45) is 0 Å². The molecule has 0 saturated heterocycles. The fraction of sp³-hybridized carbons (Fsp3) is 0.462. The minimum absolute atomic E-state index is 0.0196. The zero-order valence-electron chi connectivity index (χ0n) is 12.9. The molecule has 1 aromatic carbocycles. The molecule has 8 nitrogen and oxygen atoms in total. The van der Waals surface area contributed by atoms with Gasteiger partial charge in [0.15, 0.2) is 0 Å². The number of esters is 1. The van der Waals surface area contributed by atoms with Gasteiger partial charge < -0.3 is 4.74 Å². The molecule has 0 aromatic heterocycles. The Balaban J connectivity index is 2.33. The number of nitro groups is 1. The highest BCUT2D eigenvalue weighted by molar-refractivity contribution is 7.96. The lowest BCUT2D eigenvalue weighted by Crippen LogP contribution is -2.31. The van der Waals surface area contributed by atoms with Gasteiger partial charge in [-0.2, -0.15) is 5.48 Å². The SMILES string of the molecule is CN(SONCC(=O)OC(C)(C)C)c1ccc([N+](=O)[O-])cc1. The third-order valence-electron chi connectivity index (χ3n) is 2.27. The summed E-state index contributed by atoms with van der Waals surface area (Å²) in [5.41, 5.74) is 2.67. The summed E-state index contributed by atoms with van der Waals surface area (Å²) in [7, 11) is 1.72. The van der Waals surface area contributed by atoms with Crippen molar-refractivity contribution in [2.45, 2.75) is 26.4 Å². The van der Waals surface area contributed by atoms with E-state index in [1.165, 1.54) is 12.1 Å². The van der Waals surface area contributed by atoms with Crippen LogP contribution in [0.5, 0.6) is 0 Å². The van der Waals surface area contributed by atoms with Crippen LogP contribution in [0, 0.1) is 10.1 Å². The summed E-state index contributed by atoms with van der Waals surface area (Å²) in [4.78, 5) is 21.5. The standard InChI is InChI=1S/C13H19N3O5S/c1-13(2,3)20-12(17)9-14-21-22-15(4)10-5-7-11(8-6-10)16(18)19/h5-8,14H,9H2,1-4H3. The molecular formula is C13H19N3O5S. The quantitative estimate of drug-likeness (QED) is 0.204. The minimum Gasteiger partial charge on any atom is -0.459 e. The van der Waals surface area contributed by atoms with E-state index < -0.39 is 16.5 Å². The van der Waals surface area contributed by atoms with E-state index in [9.17, 15) is 14.9 Å². The largest absolute Gasteiger partial charge is 0.459 e. The second kappa shape index (κ2) is 7.97. The van der Waals surface area contributed by atoms with Crippen molar-refractivity contribution in [3.8, 4) is 0 Å². The van der Waals surface area contributed by atoms with E-state index in [-0.39, 0.29) is 12.2 Å². The van der Waals surface area contributed by atoms with Gasteiger partial charge in [-0.05, 0) is 32.9 Å². The Bertz CT molecular complexity index is 515. The summed E-state index contributed by atoms with van der Waals surface area (Å²) in [5, 5.41) is 10.6. The molecule has 0 heterocycles. The van der Waals surface area contributed by atoms with Crippen LogP contribution in [0.4, 0.5) is 11.4 Å². The predicted molar refractivity (Wildman–Crippen MR) is 84.0 cm³/mol. The Morgan fingerprint density at radius 3 is 2.45 bits per heavy atom. The van der Waals surface area contributed by atoms with E-state index in [4.69, 9.17) is 9.02 Å². The topological polar surface area (TPSA) is 93.9 Å². The van der Waals surface area contributed by atoms with Crippen molar-refractivity contribution in [1.29, 1.82) is 0 Å². The number of carbonyl (C=O) groups excluding carboxylic acids is 1. The summed E-state index contributed by atoms with van der Waals surface area (Å²) >= 11 is 0.948. The average molecular weight is 329 g/mol. The minimum atomic E-state index is -0.540. The van der Waals surface area contributed by atoms with Crippen molar-refractivity contribution in [1.82, 2.24) is 5.48 Å². The van der Waals surface area contributed by atoms with Crippen LogP contribution < -0.4 is 9.79 Å². The molecule has 0 amide bonds. The second-order valence-corrected chi connectivity index (χ2v) is 6.20. The first-order chi connectivity index (χ1) is 10.2. The number of rotatable bonds is 7. The number of hydroxylamine groups is 1. The number of nitro benzene ring substituents is 1. The first-order valence-electron chi connectivity index (χ1n) is 6.45. The molecule has 0 fully saturated rings. The van der Waals surface area contributed by atoms with E-state index >= 15 is 0 Å². The molecule has 0 aliphatic carbocycles. The van der Waals surface area contributed by atoms with Crippen molar-refractivity contribution >= 4 is 29.6 Å². The molecule has 22 heavy (non-hydrogen) atoms. The predicted octanol–water partition coefficient (Wildman–Crippen LogP) is 2.46. The molecule has 0 bridgehead atoms. The lowest BCUT2D eigenvalue weighted by Gasteiger charge is -2.20. The highest BCUT2D eigenvalue weighted by Gasteiger charge is 2.16. The van der Waals surface area contributed by atoms with Gasteiger partial charge in [-0.25, -0.2) is 4.28 Å². The van der Waals surface area contributed by atoms with E-state index in [1.54, 1.807) is 44.3 Å². The van der Waals surface area contributed by atoms with Gasteiger partial charge in [-0.1, -0.05) is 0 Å². The maximum Gasteiger partial charge on any atom is 0.322 e. The van der Waals surface area contributed by atoms with Crippen LogP contribution in [-0.4, -0.2) is 30.1 Å². The number of nitrogens with one attached hydrogen (secondary N) is 1. The second-order valence-electron chi connectivity index (χ2n) is 5.34. The van der Waals surface area contributed by atoms with E-state index in [1.807, 2.05) is 0 Å². The van der Waals surface area contributed by atoms with Crippen LogP contribution in [0.1, 0.15) is 20.8 Å². The van der Waals surface area contributed by atoms with Crippen LogP contribution in [-0.2, 0) is 13.8 Å². The van der Waals surface area contributed by atoms with Crippen molar-refractivity contribution in [3.63, 3.8) is 0 Å². The summed E-state index contributed by atoms with van der Waals surface area (Å²) in [6, 6.07) is 6.01. The van der Waals surface area contributed by atoms with Crippen LogP contribution in [0.25, 0.3) is 0 Å². The molecule has 122 valence electrons. The molecule has 0 radical (unpaired) electrons. The first-order valence-corrected chi connectivity index (χ1v) is 7.15. The number of hydrogen-bond donors (Lipinski definition) is 1. The van der Waals surface area contributed by atoms with Gasteiger partial charge in [0, 0.05) is 24.9 Å². The Labute approximate surface area is 133 Å². The number of non-ortho nitro benzene ring substituents is 1. The van der Waals surface area contributed by atoms with Crippen molar-refractivity contribution in [3.05, 3.63) is 34.4 Å². The third-order valence-corrected chi connectivity index (χ3v) is 2.90. The molecule has 9 heteroatoms. The van der Waals surface area contributed by atoms with Gasteiger partial charge in [0.1, 0.15) is 24.4 Å². The molecule has 0 aliphatic rings. The normalized spacial score (nSPS) is 11.1. The molecule has 1 aromatic rings. The number of hydrogen-bond acceptors (Lipinski definition) is 8. The number of ether oxygens (including phenoxy) is 1. The molecule has 0 spiro atoms. The number of nitrogens with zero attached hydrogens (tertiary/aromatic N) is 2. The maximum absolute atomic E-state index is 11.4. The highest BCUT2D eigenvalue weighted by Crippen LogP contribution is 2.23. The Morgan fingerprint density at radius 1 is 1.36 bits per heavy atom. The van der Waals surface area contributed by atoms with Crippen molar-refractivity contribution in [2.75, 3.05) is 17.9 Å².